The summed E-state index contributed by atoms with van der Waals surface area (Å²) in [5.41, 5.74) is 1.08. The summed E-state index contributed by atoms with van der Waals surface area (Å²) >= 11 is 0. The smallest absolute Gasteiger partial charge is 0.337 e. The lowest BCUT2D eigenvalue weighted by Gasteiger charge is -2.28. The molecule has 10 heteroatoms. The number of nitrogens with zero attached hydrogens (tertiary/aromatic N) is 2. The van der Waals surface area contributed by atoms with Crippen molar-refractivity contribution in [3.63, 3.8) is 0 Å². The van der Waals surface area contributed by atoms with Crippen LogP contribution in [-0.2, 0) is 20.7 Å². The van der Waals surface area contributed by atoms with Crippen molar-refractivity contribution in [2.45, 2.75) is 18.9 Å². The van der Waals surface area contributed by atoms with E-state index in [1.807, 2.05) is 0 Å². The van der Waals surface area contributed by atoms with Gasteiger partial charge in [-0.2, -0.15) is 0 Å². The molecule has 1 unspecified atom stereocenters. The van der Waals surface area contributed by atoms with Crippen LogP contribution in [0.5, 0.6) is 11.5 Å². The molecule has 0 saturated carbocycles. The van der Waals surface area contributed by atoms with Gasteiger partial charge in [-0.1, -0.05) is 18.2 Å². The molecule has 3 aromatic carbocycles. The second kappa shape index (κ2) is 11.8. The first-order valence-electron chi connectivity index (χ1n) is 12.1. The maximum atomic E-state index is 14.6. The molecule has 0 radical (unpaired) electrons. The maximum Gasteiger partial charge on any atom is 0.337 e. The molecule has 1 saturated heterocycles. The molecule has 0 aliphatic carbocycles. The molecule has 1 heterocycles. The highest BCUT2D eigenvalue weighted by Gasteiger charge is 2.44. The van der Waals surface area contributed by atoms with Crippen LogP contribution in [-0.4, -0.2) is 62.5 Å². The van der Waals surface area contributed by atoms with Gasteiger partial charge in [0.25, 0.3) is 11.8 Å². The standard InChI is InChI=1S/C29H27FN2O7/c1-37-24-13-8-18(16-25(24)38-2)14-15-31(27(34)21-6-4-5-7-22(21)30)23-17-26(33)32(28(23)35)20-11-9-19(10-12-20)29(36)39-3/h4-13,16,23H,14-15,17H2,1-3H3. The van der Waals surface area contributed by atoms with Gasteiger partial charge >= 0.3 is 5.97 Å². The number of hydrogen-bond acceptors (Lipinski definition) is 7. The first-order chi connectivity index (χ1) is 18.8. The predicted molar refractivity (Wildman–Crippen MR) is 139 cm³/mol. The summed E-state index contributed by atoms with van der Waals surface area (Å²) in [5, 5.41) is 0. The molecule has 9 nitrogen and oxygen atoms in total. The highest BCUT2D eigenvalue weighted by atomic mass is 19.1. The molecule has 3 aromatic rings. The van der Waals surface area contributed by atoms with Crippen molar-refractivity contribution in [1.82, 2.24) is 4.90 Å². The van der Waals surface area contributed by atoms with Crippen LogP contribution in [0.2, 0.25) is 0 Å². The second-order valence-electron chi connectivity index (χ2n) is 8.74. The van der Waals surface area contributed by atoms with E-state index < -0.39 is 35.5 Å². The van der Waals surface area contributed by atoms with E-state index >= 15 is 0 Å². The van der Waals surface area contributed by atoms with Crippen LogP contribution in [0.4, 0.5) is 10.1 Å². The van der Waals surface area contributed by atoms with E-state index in [-0.39, 0.29) is 29.8 Å². The molecular formula is C29H27FN2O7. The lowest BCUT2D eigenvalue weighted by atomic mass is 10.1. The number of halogens is 1. The van der Waals surface area contributed by atoms with Crippen LogP contribution in [0, 0.1) is 5.82 Å². The van der Waals surface area contributed by atoms with Gasteiger partial charge in [-0.05, 0) is 60.5 Å². The molecule has 1 fully saturated rings. The Morgan fingerprint density at radius 1 is 0.949 bits per heavy atom. The SMILES string of the molecule is COC(=O)c1ccc(N2C(=O)CC(N(CCc3ccc(OC)c(OC)c3)C(=O)c3ccccc3F)C2=O)cc1. The van der Waals surface area contributed by atoms with Crippen LogP contribution in [0.1, 0.15) is 32.7 Å². The summed E-state index contributed by atoms with van der Waals surface area (Å²) in [7, 11) is 4.27. The number of hydrogen-bond donors (Lipinski definition) is 0. The number of carbonyl (C=O) groups is 4. The third-order valence-electron chi connectivity index (χ3n) is 6.50. The quantitative estimate of drug-likeness (QED) is 0.305. The Morgan fingerprint density at radius 3 is 2.28 bits per heavy atom. The van der Waals surface area contributed by atoms with E-state index in [4.69, 9.17) is 9.47 Å². The summed E-state index contributed by atoms with van der Waals surface area (Å²) in [6, 6.07) is 15.4. The number of esters is 1. The van der Waals surface area contributed by atoms with Gasteiger partial charge in [0, 0.05) is 6.54 Å². The number of anilines is 1. The topological polar surface area (TPSA) is 102 Å². The fourth-order valence-electron chi connectivity index (χ4n) is 4.47. The molecule has 0 spiro atoms. The van der Waals surface area contributed by atoms with Crippen molar-refractivity contribution >= 4 is 29.4 Å². The highest BCUT2D eigenvalue weighted by molar-refractivity contribution is 6.23. The Balaban J connectivity index is 1.64. The summed E-state index contributed by atoms with van der Waals surface area (Å²) in [4.78, 5) is 54.1. The zero-order valence-electron chi connectivity index (χ0n) is 21.7. The van der Waals surface area contributed by atoms with E-state index in [0.29, 0.717) is 17.9 Å². The molecule has 1 atom stereocenters. The van der Waals surface area contributed by atoms with Crippen molar-refractivity contribution in [3.05, 3.63) is 89.2 Å². The Bertz CT molecular complexity index is 1410. The average Bonchev–Trinajstić information content (AvgIpc) is 3.25. The summed E-state index contributed by atoms with van der Waals surface area (Å²) < 4.78 is 29.9. The van der Waals surface area contributed by atoms with Gasteiger partial charge in [0.1, 0.15) is 11.9 Å². The zero-order chi connectivity index (χ0) is 28.1. The van der Waals surface area contributed by atoms with Crippen molar-refractivity contribution in [3.8, 4) is 11.5 Å². The molecule has 39 heavy (non-hydrogen) atoms. The molecule has 202 valence electrons. The number of benzene rings is 3. The Kier molecular flexibility index (Phi) is 8.24. The lowest BCUT2D eigenvalue weighted by molar-refractivity contribution is -0.122. The third-order valence-corrected chi connectivity index (χ3v) is 6.50. The van der Waals surface area contributed by atoms with Crippen molar-refractivity contribution in [2.24, 2.45) is 0 Å². The molecule has 0 aromatic heterocycles. The Hall–Kier alpha value is -4.73. The summed E-state index contributed by atoms with van der Waals surface area (Å²) in [6.45, 7) is 0.0292. The molecule has 0 N–H and O–H groups in total. The Labute approximate surface area is 224 Å². The van der Waals surface area contributed by atoms with E-state index in [1.165, 1.54) is 68.7 Å². The van der Waals surface area contributed by atoms with Crippen LogP contribution in [0.25, 0.3) is 0 Å². The van der Waals surface area contributed by atoms with E-state index in [1.54, 1.807) is 18.2 Å². The molecule has 4 rings (SSSR count). The number of imide groups is 1. The van der Waals surface area contributed by atoms with E-state index in [0.717, 1.165) is 16.5 Å². The number of methoxy groups -OCH3 is 3. The minimum absolute atomic E-state index is 0.0292. The fraction of sp³-hybridized carbons (Fsp3) is 0.241. The van der Waals surface area contributed by atoms with E-state index in [2.05, 4.69) is 4.74 Å². The molecular weight excluding hydrogens is 507 g/mol. The highest BCUT2D eigenvalue weighted by Crippen LogP contribution is 2.30. The first kappa shape index (κ1) is 27.3. The van der Waals surface area contributed by atoms with Gasteiger partial charge in [-0.25, -0.2) is 14.1 Å². The molecule has 1 aliphatic heterocycles. The van der Waals surface area contributed by atoms with E-state index in [9.17, 15) is 23.6 Å². The van der Waals surface area contributed by atoms with Crippen LogP contribution < -0.4 is 14.4 Å². The zero-order valence-corrected chi connectivity index (χ0v) is 21.7. The predicted octanol–water partition coefficient (Wildman–Crippen LogP) is 3.65. The monoisotopic (exact) mass is 534 g/mol. The fourth-order valence-corrected chi connectivity index (χ4v) is 4.47. The van der Waals surface area contributed by atoms with Gasteiger partial charge in [-0.3, -0.25) is 14.4 Å². The maximum absolute atomic E-state index is 14.6. The molecule has 0 bridgehead atoms. The number of rotatable bonds is 9. The normalized spacial score (nSPS) is 14.8. The number of carbonyl (C=O) groups excluding carboxylic acids is 4. The minimum Gasteiger partial charge on any atom is -0.493 e. The van der Waals surface area contributed by atoms with Gasteiger partial charge < -0.3 is 19.1 Å². The minimum atomic E-state index is -1.15. The van der Waals surface area contributed by atoms with Gasteiger partial charge in [0.2, 0.25) is 5.91 Å². The van der Waals surface area contributed by atoms with Gasteiger partial charge in [0.15, 0.2) is 11.5 Å². The molecule has 3 amide bonds. The van der Waals surface area contributed by atoms with Crippen molar-refractivity contribution in [1.29, 1.82) is 0 Å². The average molecular weight is 535 g/mol. The molecule has 1 aliphatic rings. The van der Waals surface area contributed by atoms with Gasteiger partial charge in [-0.15, -0.1) is 0 Å². The van der Waals surface area contributed by atoms with Crippen LogP contribution in [0.15, 0.2) is 66.7 Å². The second-order valence-corrected chi connectivity index (χ2v) is 8.74. The van der Waals surface area contributed by atoms with Crippen LogP contribution >= 0.6 is 0 Å². The van der Waals surface area contributed by atoms with Crippen molar-refractivity contribution in [2.75, 3.05) is 32.8 Å². The number of amides is 3. The Morgan fingerprint density at radius 2 is 1.64 bits per heavy atom. The largest absolute Gasteiger partial charge is 0.493 e. The lowest BCUT2D eigenvalue weighted by Crippen LogP contribution is -2.46. The third kappa shape index (κ3) is 5.59. The summed E-state index contributed by atoms with van der Waals surface area (Å²) in [6.07, 6.45) is 0.0239. The first-order valence-corrected chi connectivity index (χ1v) is 12.1. The van der Waals surface area contributed by atoms with Gasteiger partial charge in [0.05, 0.1) is 44.6 Å². The van der Waals surface area contributed by atoms with Crippen LogP contribution in [0.3, 0.4) is 0 Å². The summed E-state index contributed by atoms with van der Waals surface area (Å²) in [5.74, 6) is -2.11. The van der Waals surface area contributed by atoms with Crippen molar-refractivity contribution < 1.29 is 37.8 Å². The number of ether oxygens (including phenoxy) is 3.